The number of hydrogen-bond acceptors (Lipinski definition) is 4. The molecule has 0 spiro atoms. The van der Waals surface area contributed by atoms with Crippen LogP contribution < -0.4 is 10.6 Å². The summed E-state index contributed by atoms with van der Waals surface area (Å²) in [5.74, 6) is -0.0214. The fourth-order valence-electron chi connectivity index (χ4n) is 0.706. The van der Waals surface area contributed by atoms with Gasteiger partial charge in [0.1, 0.15) is 0 Å². The van der Waals surface area contributed by atoms with Crippen LogP contribution in [0.1, 0.15) is 0 Å². The summed E-state index contributed by atoms with van der Waals surface area (Å²) < 4.78 is 0. The second-order valence-electron chi connectivity index (χ2n) is 2.54. The number of nitrogens with one attached hydrogen (secondary N) is 2. The Bertz CT molecular complexity index is 76.8. The molecule has 0 aliphatic heterocycles. The van der Waals surface area contributed by atoms with Gasteiger partial charge in [0.2, 0.25) is 0 Å². The van der Waals surface area contributed by atoms with E-state index < -0.39 is 0 Å². The highest BCUT2D eigenvalue weighted by atomic mass is 16.3. The van der Waals surface area contributed by atoms with Crippen molar-refractivity contribution in [3.8, 4) is 0 Å². The molecule has 0 saturated heterocycles. The molecule has 11 heavy (non-hydrogen) atoms. The second-order valence-corrected chi connectivity index (χ2v) is 2.54. The number of aliphatic hydroxyl groups is 2. The van der Waals surface area contributed by atoms with Crippen molar-refractivity contribution in [2.45, 2.75) is 0 Å². The third kappa shape index (κ3) is 6.25. The summed E-state index contributed by atoms with van der Waals surface area (Å²) in [6, 6.07) is 0. The molecule has 0 aromatic heterocycles. The van der Waals surface area contributed by atoms with Crippen molar-refractivity contribution in [2.75, 3.05) is 39.9 Å². The molecule has 0 unspecified atom stereocenters. The van der Waals surface area contributed by atoms with E-state index in [1.165, 1.54) is 0 Å². The Morgan fingerprint density at radius 1 is 1.18 bits per heavy atom. The maximum absolute atomic E-state index is 8.67. The van der Waals surface area contributed by atoms with Crippen LogP contribution in [-0.4, -0.2) is 50.1 Å². The summed E-state index contributed by atoms with van der Waals surface area (Å²) >= 11 is 0. The zero-order chi connectivity index (χ0) is 8.53. The first-order chi connectivity index (χ1) is 5.35. The Morgan fingerprint density at radius 3 is 2.27 bits per heavy atom. The smallest absolute Gasteiger partial charge is 0.0493 e. The lowest BCUT2D eigenvalue weighted by Gasteiger charge is -2.11. The lowest BCUT2D eigenvalue weighted by molar-refractivity contribution is 0.148. The predicted molar refractivity (Wildman–Crippen MR) is 44.5 cm³/mol. The lowest BCUT2D eigenvalue weighted by Crippen LogP contribution is -2.32. The Balaban J connectivity index is 3.07. The molecule has 0 amide bonds. The zero-order valence-electron chi connectivity index (χ0n) is 7.01. The molecule has 0 saturated carbocycles. The van der Waals surface area contributed by atoms with Gasteiger partial charge in [-0.1, -0.05) is 0 Å². The normalized spacial score (nSPS) is 10.9. The van der Waals surface area contributed by atoms with E-state index in [-0.39, 0.29) is 19.1 Å². The fourth-order valence-corrected chi connectivity index (χ4v) is 0.706. The number of rotatable bonds is 7. The van der Waals surface area contributed by atoms with E-state index in [4.69, 9.17) is 10.2 Å². The highest BCUT2D eigenvalue weighted by molar-refractivity contribution is 4.59. The van der Waals surface area contributed by atoms with Gasteiger partial charge in [-0.2, -0.15) is 0 Å². The standard InChI is InChI=1S/C7H18N2O2/c1-8-2-3-9-4-7(5-10)6-11/h7-11H,2-6H2,1H3. The number of likely N-dealkylation sites (N-methyl/N-ethyl adjacent to an activating group) is 1. The van der Waals surface area contributed by atoms with Gasteiger partial charge in [0.25, 0.3) is 0 Å². The van der Waals surface area contributed by atoms with Gasteiger partial charge >= 0.3 is 0 Å². The van der Waals surface area contributed by atoms with Crippen LogP contribution in [0.25, 0.3) is 0 Å². The third-order valence-electron chi connectivity index (χ3n) is 1.50. The molecular formula is C7H18N2O2. The van der Waals surface area contributed by atoms with Crippen molar-refractivity contribution in [1.29, 1.82) is 0 Å². The molecule has 0 atom stereocenters. The van der Waals surface area contributed by atoms with Gasteiger partial charge in [0.05, 0.1) is 0 Å². The largest absolute Gasteiger partial charge is 0.396 e. The van der Waals surface area contributed by atoms with E-state index >= 15 is 0 Å². The molecule has 0 fully saturated rings. The van der Waals surface area contributed by atoms with Crippen molar-refractivity contribution < 1.29 is 10.2 Å². The SMILES string of the molecule is CNCCNCC(CO)CO. The maximum atomic E-state index is 8.67. The first kappa shape index (κ1) is 10.8. The molecule has 0 heterocycles. The quantitative estimate of drug-likeness (QED) is 0.340. The Hall–Kier alpha value is -0.160. The molecule has 0 rings (SSSR count). The molecule has 0 aromatic carbocycles. The van der Waals surface area contributed by atoms with Crippen molar-refractivity contribution in [3.05, 3.63) is 0 Å². The van der Waals surface area contributed by atoms with Crippen LogP contribution >= 0.6 is 0 Å². The summed E-state index contributed by atoms with van der Waals surface area (Å²) in [7, 11) is 1.89. The Kier molecular flexibility index (Phi) is 7.83. The van der Waals surface area contributed by atoms with Gasteiger partial charge < -0.3 is 20.8 Å². The predicted octanol–water partition coefficient (Wildman–Crippen LogP) is -1.60. The highest BCUT2D eigenvalue weighted by Crippen LogP contribution is 1.88. The number of hydrogen-bond donors (Lipinski definition) is 4. The summed E-state index contributed by atoms with van der Waals surface area (Å²) in [5, 5.41) is 23.4. The van der Waals surface area contributed by atoms with Crippen LogP contribution in [0.4, 0.5) is 0 Å². The van der Waals surface area contributed by atoms with Crippen LogP contribution in [0, 0.1) is 5.92 Å². The Morgan fingerprint density at radius 2 is 1.82 bits per heavy atom. The van der Waals surface area contributed by atoms with E-state index in [0.717, 1.165) is 13.1 Å². The molecular weight excluding hydrogens is 144 g/mol. The topological polar surface area (TPSA) is 64.5 Å². The summed E-state index contributed by atoms with van der Waals surface area (Å²) in [6.45, 7) is 2.54. The van der Waals surface area contributed by atoms with Gasteiger partial charge in [-0.05, 0) is 7.05 Å². The van der Waals surface area contributed by atoms with E-state index in [1.54, 1.807) is 0 Å². The molecule has 4 N–H and O–H groups in total. The van der Waals surface area contributed by atoms with E-state index in [0.29, 0.717) is 6.54 Å². The maximum Gasteiger partial charge on any atom is 0.0493 e. The average molecular weight is 162 g/mol. The average Bonchev–Trinajstić information content (AvgIpc) is 2.05. The summed E-state index contributed by atoms with van der Waals surface area (Å²) in [5.41, 5.74) is 0. The second kappa shape index (κ2) is 7.94. The third-order valence-corrected chi connectivity index (χ3v) is 1.50. The minimum atomic E-state index is -0.0214. The molecule has 0 aliphatic carbocycles. The van der Waals surface area contributed by atoms with E-state index in [2.05, 4.69) is 10.6 Å². The molecule has 0 bridgehead atoms. The molecule has 4 nitrogen and oxygen atoms in total. The van der Waals surface area contributed by atoms with Gasteiger partial charge in [-0.15, -0.1) is 0 Å². The van der Waals surface area contributed by atoms with E-state index in [1.807, 2.05) is 7.05 Å². The first-order valence-electron chi connectivity index (χ1n) is 3.92. The minimum absolute atomic E-state index is 0.0214. The van der Waals surface area contributed by atoms with Crippen LogP contribution in [-0.2, 0) is 0 Å². The van der Waals surface area contributed by atoms with E-state index in [9.17, 15) is 0 Å². The van der Waals surface area contributed by atoms with Crippen LogP contribution in [0.15, 0.2) is 0 Å². The molecule has 0 aliphatic rings. The fraction of sp³-hybridized carbons (Fsp3) is 1.00. The van der Waals surface area contributed by atoms with Crippen molar-refractivity contribution >= 4 is 0 Å². The van der Waals surface area contributed by atoms with Crippen molar-refractivity contribution in [1.82, 2.24) is 10.6 Å². The van der Waals surface area contributed by atoms with Gasteiger partial charge in [0, 0.05) is 38.8 Å². The number of aliphatic hydroxyl groups excluding tert-OH is 2. The monoisotopic (exact) mass is 162 g/mol. The van der Waals surface area contributed by atoms with Crippen LogP contribution in [0.3, 0.4) is 0 Å². The molecule has 0 radical (unpaired) electrons. The van der Waals surface area contributed by atoms with Crippen LogP contribution in [0.2, 0.25) is 0 Å². The van der Waals surface area contributed by atoms with Crippen molar-refractivity contribution in [2.24, 2.45) is 5.92 Å². The van der Waals surface area contributed by atoms with Gasteiger partial charge in [0.15, 0.2) is 0 Å². The summed E-state index contributed by atoms with van der Waals surface area (Å²) in [4.78, 5) is 0. The van der Waals surface area contributed by atoms with Gasteiger partial charge in [-0.25, -0.2) is 0 Å². The lowest BCUT2D eigenvalue weighted by atomic mass is 10.2. The zero-order valence-corrected chi connectivity index (χ0v) is 7.01. The molecule has 4 heteroatoms. The molecule has 68 valence electrons. The molecule has 0 aromatic rings. The first-order valence-corrected chi connectivity index (χ1v) is 3.92. The minimum Gasteiger partial charge on any atom is -0.396 e. The summed E-state index contributed by atoms with van der Waals surface area (Å²) in [6.07, 6.45) is 0. The van der Waals surface area contributed by atoms with Crippen LogP contribution in [0.5, 0.6) is 0 Å². The van der Waals surface area contributed by atoms with Crippen molar-refractivity contribution in [3.63, 3.8) is 0 Å². The highest BCUT2D eigenvalue weighted by Gasteiger charge is 2.03. The van der Waals surface area contributed by atoms with Gasteiger partial charge in [-0.3, -0.25) is 0 Å². The Labute approximate surface area is 67.6 Å².